The molecular weight excluding hydrogens is 426 g/mol. The molecule has 3 aliphatic rings. The summed E-state index contributed by atoms with van der Waals surface area (Å²) in [5.74, 6) is -0.0927. The van der Waals surface area contributed by atoms with E-state index in [0.717, 1.165) is 45.6 Å². The topological polar surface area (TPSA) is 107 Å². The van der Waals surface area contributed by atoms with Crippen molar-refractivity contribution < 1.29 is 24.2 Å². The standard InChI is InChI=1S/C23H33N5O5/c29-21(27-10-13-32-14-11-27)17-26-6-8-28(9-7-26)23(24-16-20-5-2-12-33-20)25-19-4-1-3-18(15-19)22(30)31/h1,3-4,15,20H,2,5-14,16-17H2,(H,24,25)(H,30,31)/t20-/m1/s1. The van der Waals surface area contributed by atoms with Crippen molar-refractivity contribution in [1.29, 1.82) is 0 Å². The smallest absolute Gasteiger partial charge is 0.335 e. The molecule has 10 heteroatoms. The maximum absolute atomic E-state index is 12.6. The van der Waals surface area contributed by atoms with Crippen molar-refractivity contribution in [2.45, 2.75) is 18.9 Å². The summed E-state index contributed by atoms with van der Waals surface area (Å²) in [5, 5.41) is 12.6. The molecule has 3 aliphatic heterocycles. The van der Waals surface area contributed by atoms with E-state index in [4.69, 9.17) is 14.5 Å². The van der Waals surface area contributed by atoms with Gasteiger partial charge in [-0.1, -0.05) is 6.07 Å². The lowest BCUT2D eigenvalue weighted by atomic mass is 10.2. The molecule has 3 heterocycles. The normalized spacial score (nSPS) is 22.4. The first-order chi connectivity index (χ1) is 16.1. The zero-order chi connectivity index (χ0) is 23.0. The number of amides is 1. The molecule has 0 spiro atoms. The van der Waals surface area contributed by atoms with Crippen LogP contribution in [0.25, 0.3) is 0 Å². The Morgan fingerprint density at radius 3 is 2.55 bits per heavy atom. The quantitative estimate of drug-likeness (QED) is 0.476. The van der Waals surface area contributed by atoms with Crippen LogP contribution in [0.1, 0.15) is 23.2 Å². The highest BCUT2D eigenvalue weighted by Crippen LogP contribution is 2.15. The van der Waals surface area contributed by atoms with Crippen LogP contribution in [0.2, 0.25) is 0 Å². The number of carbonyl (C=O) groups excluding carboxylic acids is 1. The Bertz CT molecular complexity index is 843. The predicted octanol–water partition coefficient (Wildman–Crippen LogP) is 0.808. The third-order valence-corrected chi connectivity index (χ3v) is 6.23. The van der Waals surface area contributed by atoms with Gasteiger partial charge in [-0.2, -0.15) is 0 Å². The highest BCUT2D eigenvalue weighted by molar-refractivity contribution is 5.96. The van der Waals surface area contributed by atoms with Gasteiger partial charge in [0.1, 0.15) is 0 Å². The number of aliphatic imine (C=N–C) groups is 1. The van der Waals surface area contributed by atoms with Crippen LogP contribution in [0.15, 0.2) is 29.3 Å². The maximum Gasteiger partial charge on any atom is 0.335 e. The largest absolute Gasteiger partial charge is 0.478 e. The fraction of sp³-hybridized carbons (Fsp3) is 0.609. The van der Waals surface area contributed by atoms with E-state index in [1.165, 1.54) is 0 Å². The first-order valence-electron chi connectivity index (χ1n) is 11.7. The summed E-state index contributed by atoms with van der Waals surface area (Å²) in [4.78, 5) is 35.0. The van der Waals surface area contributed by atoms with Crippen molar-refractivity contribution in [3.63, 3.8) is 0 Å². The van der Waals surface area contributed by atoms with Crippen LogP contribution in [-0.4, -0.2) is 116 Å². The van der Waals surface area contributed by atoms with E-state index in [0.29, 0.717) is 51.0 Å². The SMILES string of the molecule is O=C(O)c1cccc(NC(=NC[C@H]2CCCO2)N2CCN(CC(=O)N3CCOCC3)CC2)c1. The summed E-state index contributed by atoms with van der Waals surface area (Å²) in [6, 6.07) is 6.74. The Kier molecular flexibility index (Phi) is 8.14. The number of nitrogens with one attached hydrogen (secondary N) is 1. The van der Waals surface area contributed by atoms with Gasteiger partial charge in [-0.3, -0.25) is 14.7 Å². The van der Waals surface area contributed by atoms with Gasteiger partial charge in [0, 0.05) is 51.6 Å². The van der Waals surface area contributed by atoms with E-state index >= 15 is 0 Å². The van der Waals surface area contributed by atoms with Crippen molar-refractivity contribution in [2.75, 3.05) is 77.5 Å². The second kappa shape index (κ2) is 11.4. The van der Waals surface area contributed by atoms with Gasteiger partial charge in [-0.05, 0) is 31.0 Å². The summed E-state index contributed by atoms with van der Waals surface area (Å²) < 4.78 is 11.1. The predicted molar refractivity (Wildman–Crippen MR) is 124 cm³/mol. The Morgan fingerprint density at radius 2 is 1.85 bits per heavy atom. The summed E-state index contributed by atoms with van der Waals surface area (Å²) >= 11 is 0. The Balaban J connectivity index is 1.37. The number of rotatable bonds is 6. The van der Waals surface area contributed by atoms with Gasteiger partial charge in [0.2, 0.25) is 5.91 Å². The van der Waals surface area contributed by atoms with Crippen molar-refractivity contribution >= 4 is 23.5 Å². The average molecular weight is 460 g/mol. The summed E-state index contributed by atoms with van der Waals surface area (Å²) in [7, 11) is 0. The van der Waals surface area contributed by atoms with E-state index in [-0.39, 0.29) is 17.6 Å². The number of benzene rings is 1. The third-order valence-electron chi connectivity index (χ3n) is 6.23. The number of hydrogen-bond acceptors (Lipinski definition) is 6. The molecule has 3 saturated heterocycles. The first-order valence-corrected chi connectivity index (χ1v) is 11.7. The van der Waals surface area contributed by atoms with Crippen molar-refractivity contribution in [1.82, 2.24) is 14.7 Å². The lowest BCUT2D eigenvalue weighted by molar-refractivity contribution is -0.136. The van der Waals surface area contributed by atoms with Gasteiger partial charge < -0.3 is 29.7 Å². The van der Waals surface area contributed by atoms with Gasteiger partial charge in [-0.25, -0.2) is 4.79 Å². The van der Waals surface area contributed by atoms with Crippen LogP contribution in [0.3, 0.4) is 0 Å². The van der Waals surface area contributed by atoms with Crippen LogP contribution in [0, 0.1) is 0 Å². The number of morpholine rings is 1. The molecule has 0 aromatic heterocycles. The number of piperazine rings is 1. The van der Waals surface area contributed by atoms with Gasteiger partial charge in [0.25, 0.3) is 0 Å². The second-order valence-electron chi connectivity index (χ2n) is 8.57. The Morgan fingerprint density at radius 1 is 1.06 bits per heavy atom. The number of carboxylic acids is 1. The molecule has 0 aliphatic carbocycles. The van der Waals surface area contributed by atoms with E-state index in [1.54, 1.807) is 18.2 Å². The van der Waals surface area contributed by atoms with Crippen LogP contribution in [-0.2, 0) is 14.3 Å². The molecule has 10 nitrogen and oxygen atoms in total. The molecule has 1 aromatic rings. The van der Waals surface area contributed by atoms with Crippen LogP contribution < -0.4 is 5.32 Å². The number of carbonyl (C=O) groups is 2. The number of aromatic carboxylic acids is 1. The molecule has 1 atom stereocenters. The average Bonchev–Trinajstić information content (AvgIpc) is 3.37. The van der Waals surface area contributed by atoms with Gasteiger partial charge >= 0.3 is 5.97 Å². The lowest BCUT2D eigenvalue weighted by Crippen LogP contribution is -2.53. The van der Waals surface area contributed by atoms with Crippen LogP contribution in [0.5, 0.6) is 0 Å². The fourth-order valence-electron chi connectivity index (χ4n) is 4.28. The first kappa shape index (κ1) is 23.5. The molecule has 0 saturated carbocycles. The summed E-state index contributed by atoms with van der Waals surface area (Å²) in [6.45, 7) is 7.28. The maximum atomic E-state index is 12.6. The third kappa shape index (κ3) is 6.66. The molecule has 180 valence electrons. The Labute approximate surface area is 194 Å². The minimum absolute atomic E-state index is 0.125. The minimum atomic E-state index is -0.963. The number of nitrogens with zero attached hydrogens (tertiary/aromatic N) is 4. The molecule has 0 bridgehead atoms. The number of ether oxygens (including phenoxy) is 2. The number of anilines is 1. The van der Waals surface area contributed by atoms with E-state index in [1.807, 2.05) is 11.0 Å². The lowest BCUT2D eigenvalue weighted by Gasteiger charge is -2.37. The summed E-state index contributed by atoms with van der Waals surface area (Å²) in [5.41, 5.74) is 0.913. The Hall–Kier alpha value is -2.69. The number of carboxylic acid groups (broad SMARTS) is 1. The van der Waals surface area contributed by atoms with Crippen LogP contribution >= 0.6 is 0 Å². The molecule has 0 unspecified atom stereocenters. The van der Waals surface area contributed by atoms with Gasteiger partial charge in [-0.15, -0.1) is 0 Å². The number of hydrogen-bond donors (Lipinski definition) is 2. The van der Waals surface area contributed by atoms with E-state index in [2.05, 4.69) is 15.1 Å². The van der Waals surface area contributed by atoms with Gasteiger partial charge in [0.15, 0.2) is 5.96 Å². The molecule has 33 heavy (non-hydrogen) atoms. The minimum Gasteiger partial charge on any atom is -0.478 e. The fourth-order valence-corrected chi connectivity index (χ4v) is 4.28. The van der Waals surface area contributed by atoms with E-state index in [9.17, 15) is 14.7 Å². The van der Waals surface area contributed by atoms with Crippen molar-refractivity contribution in [2.24, 2.45) is 4.99 Å². The van der Waals surface area contributed by atoms with Crippen molar-refractivity contribution in [3.8, 4) is 0 Å². The second-order valence-corrected chi connectivity index (χ2v) is 8.57. The van der Waals surface area contributed by atoms with Crippen molar-refractivity contribution in [3.05, 3.63) is 29.8 Å². The highest BCUT2D eigenvalue weighted by atomic mass is 16.5. The molecule has 2 N–H and O–H groups in total. The highest BCUT2D eigenvalue weighted by Gasteiger charge is 2.25. The zero-order valence-electron chi connectivity index (χ0n) is 18.9. The summed E-state index contributed by atoms with van der Waals surface area (Å²) in [6.07, 6.45) is 2.18. The molecule has 1 amide bonds. The monoisotopic (exact) mass is 459 g/mol. The molecule has 3 fully saturated rings. The molecular formula is C23H33N5O5. The molecule has 1 aromatic carbocycles. The molecule has 0 radical (unpaired) electrons. The van der Waals surface area contributed by atoms with Gasteiger partial charge in [0.05, 0.1) is 38.0 Å². The zero-order valence-corrected chi connectivity index (χ0v) is 18.9. The number of guanidine groups is 1. The van der Waals surface area contributed by atoms with Crippen LogP contribution in [0.4, 0.5) is 5.69 Å². The van der Waals surface area contributed by atoms with E-state index < -0.39 is 5.97 Å². The molecule has 4 rings (SSSR count).